The van der Waals surface area contributed by atoms with Crippen LogP contribution < -0.4 is 4.90 Å². The fourth-order valence-electron chi connectivity index (χ4n) is 10.1. The Hall–Kier alpha value is -7.52. The van der Waals surface area contributed by atoms with Gasteiger partial charge in [0.1, 0.15) is 0 Å². The second kappa shape index (κ2) is 14.8. The van der Waals surface area contributed by atoms with Gasteiger partial charge in [-0.2, -0.15) is 0 Å². The molecule has 1 aromatic heterocycles. The van der Waals surface area contributed by atoms with E-state index in [-0.39, 0.29) is 5.41 Å². The summed E-state index contributed by atoms with van der Waals surface area (Å²) in [5.74, 6) is 0. The number of fused-ring (bicyclic) bond motifs is 7. The van der Waals surface area contributed by atoms with Crippen molar-refractivity contribution in [3.63, 3.8) is 0 Å². The van der Waals surface area contributed by atoms with Gasteiger partial charge >= 0.3 is 0 Å². The first kappa shape index (κ1) is 37.3. The number of rotatable bonds is 7. The molecular weight excluding hydrogens is 779 g/mol. The van der Waals surface area contributed by atoms with Gasteiger partial charge in [0.15, 0.2) is 0 Å². The van der Waals surface area contributed by atoms with E-state index >= 15 is 0 Å². The molecule has 0 N–H and O–H groups in total. The maximum atomic E-state index is 2.39. The highest BCUT2D eigenvalue weighted by atomic mass is 32.1. The van der Waals surface area contributed by atoms with Crippen molar-refractivity contribution in [2.24, 2.45) is 0 Å². The average molecular weight is 822 g/mol. The van der Waals surface area contributed by atoms with Crippen LogP contribution in [-0.2, 0) is 5.41 Å². The van der Waals surface area contributed by atoms with Gasteiger partial charge in [0.2, 0.25) is 0 Å². The monoisotopic (exact) mass is 821 g/mol. The molecule has 0 aliphatic heterocycles. The lowest BCUT2D eigenvalue weighted by molar-refractivity contribution is 0.662. The molecule has 298 valence electrons. The van der Waals surface area contributed by atoms with E-state index < -0.39 is 0 Å². The van der Waals surface area contributed by atoms with E-state index in [0.717, 1.165) is 17.1 Å². The maximum absolute atomic E-state index is 2.39. The van der Waals surface area contributed by atoms with Gasteiger partial charge < -0.3 is 4.90 Å². The Labute approximate surface area is 372 Å². The summed E-state index contributed by atoms with van der Waals surface area (Å²) in [5.41, 5.74) is 18.5. The molecular formula is C61H43NS. The number of nitrogens with zero attached hydrogens (tertiary/aromatic N) is 1. The van der Waals surface area contributed by atoms with Crippen LogP contribution in [-0.4, -0.2) is 0 Å². The van der Waals surface area contributed by atoms with E-state index in [1.165, 1.54) is 97.7 Å². The molecule has 0 radical (unpaired) electrons. The minimum Gasteiger partial charge on any atom is -0.311 e. The van der Waals surface area contributed by atoms with E-state index in [0.29, 0.717) is 0 Å². The number of thiophene rings is 1. The zero-order valence-corrected chi connectivity index (χ0v) is 36.0. The van der Waals surface area contributed by atoms with Crippen molar-refractivity contribution in [2.75, 3.05) is 4.90 Å². The van der Waals surface area contributed by atoms with Gasteiger partial charge in [-0.15, -0.1) is 11.3 Å². The van der Waals surface area contributed by atoms with Gasteiger partial charge in [0.05, 0.1) is 0 Å². The summed E-state index contributed by atoms with van der Waals surface area (Å²) in [7, 11) is 0. The third-order valence-corrected chi connectivity index (χ3v) is 14.5. The number of hydrogen-bond donors (Lipinski definition) is 0. The zero-order valence-electron chi connectivity index (χ0n) is 35.2. The van der Waals surface area contributed by atoms with Gasteiger partial charge in [0.25, 0.3) is 0 Å². The molecule has 0 fully saturated rings. The second-order valence-corrected chi connectivity index (χ2v) is 18.4. The Morgan fingerprint density at radius 3 is 1.62 bits per heavy atom. The van der Waals surface area contributed by atoms with Crippen LogP contribution in [0.1, 0.15) is 25.0 Å². The summed E-state index contributed by atoms with van der Waals surface area (Å²) in [4.78, 5) is 2.39. The van der Waals surface area contributed by atoms with Crippen LogP contribution in [0, 0.1) is 0 Å². The largest absolute Gasteiger partial charge is 0.311 e. The SMILES string of the molecule is CC1(C)c2ccccc2-c2cccc(-c3ccc(N(c4ccc(-c5cccc(-c6ccc7ccccc7c6)c5)cc4)c4ccc(-c5cccc6c5sc5ccccc56)cc4)cc3)c21. The molecule has 1 heterocycles. The Bertz CT molecular complexity index is 3520. The van der Waals surface area contributed by atoms with Crippen molar-refractivity contribution in [1.29, 1.82) is 0 Å². The van der Waals surface area contributed by atoms with E-state index in [1.54, 1.807) is 0 Å². The molecule has 0 saturated heterocycles. The summed E-state index contributed by atoms with van der Waals surface area (Å²) in [6.45, 7) is 4.73. The second-order valence-electron chi connectivity index (χ2n) is 17.3. The highest BCUT2D eigenvalue weighted by molar-refractivity contribution is 7.26. The summed E-state index contributed by atoms with van der Waals surface area (Å²) in [5, 5.41) is 5.15. The molecule has 12 rings (SSSR count). The molecule has 1 aliphatic rings. The van der Waals surface area contributed by atoms with E-state index in [9.17, 15) is 0 Å². The highest BCUT2D eigenvalue weighted by Gasteiger charge is 2.37. The maximum Gasteiger partial charge on any atom is 0.0462 e. The molecule has 0 amide bonds. The lowest BCUT2D eigenvalue weighted by atomic mass is 9.79. The first-order valence-electron chi connectivity index (χ1n) is 21.8. The van der Waals surface area contributed by atoms with Crippen LogP contribution in [0.5, 0.6) is 0 Å². The lowest BCUT2D eigenvalue weighted by Crippen LogP contribution is -2.16. The van der Waals surface area contributed by atoms with Crippen molar-refractivity contribution in [3.05, 3.63) is 236 Å². The van der Waals surface area contributed by atoms with E-state index in [1.807, 2.05) is 11.3 Å². The number of anilines is 3. The number of hydrogen-bond acceptors (Lipinski definition) is 2. The molecule has 10 aromatic carbocycles. The smallest absolute Gasteiger partial charge is 0.0462 e. The zero-order chi connectivity index (χ0) is 42.1. The minimum absolute atomic E-state index is 0.0914. The average Bonchev–Trinajstić information content (AvgIpc) is 3.84. The topological polar surface area (TPSA) is 3.24 Å². The summed E-state index contributed by atoms with van der Waals surface area (Å²) in [6.07, 6.45) is 0. The predicted octanol–water partition coefficient (Wildman–Crippen LogP) is 17.7. The van der Waals surface area contributed by atoms with Gasteiger partial charge in [-0.25, -0.2) is 0 Å². The molecule has 11 aromatic rings. The first-order chi connectivity index (χ1) is 31.0. The quantitative estimate of drug-likeness (QED) is 0.155. The van der Waals surface area contributed by atoms with Crippen molar-refractivity contribution in [2.45, 2.75) is 19.3 Å². The van der Waals surface area contributed by atoms with Crippen LogP contribution in [0.25, 0.3) is 86.6 Å². The van der Waals surface area contributed by atoms with Gasteiger partial charge in [-0.1, -0.05) is 184 Å². The van der Waals surface area contributed by atoms with Crippen molar-refractivity contribution < 1.29 is 0 Å². The summed E-state index contributed by atoms with van der Waals surface area (Å²) < 4.78 is 2.65. The molecule has 0 spiro atoms. The number of benzene rings is 10. The van der Waals surface area contributed by atoms with Crippen molar-refractivity contribution in [1.82, 2.24) is 0 Å². The van der Waals surface area contributed by atoms with Crippen LogP contribution >= 0.6 is 11.3 Å². The Kier molecular flexibility index (Phi) is 8.77. The van der Waals surface area contributed by atoms with E-state index in [4.69, 9.17) is 0 Å². The Balaban J connectivity index is 0.925. The lowest BCUT2D eigenvalue weighted by Gasteiger charge is -2.27. The third kappa shape index (κ3) is 6.29. The van der Waals surface area contributed by atoms with E-state index in [2.05, 4.69) is 243 Å². The van der Waals surface area contributed by atoms with Crippen molar-refractivity contribution in [3.8, 4) is 55.6 Å². The fourth-order valence-corrected chi connectivity index (χ4v) is 11.4. The van der Waals surface area contributed by atoms with Gasteiger partial charge in [-0.05, 0) is 132 Å². The third-order valence-electron chi connectivity index (χ3n) is 13.3. The summed E-state index contributed by atoms with van der Waals surface area (Å²) >= 11 is 1.88. The van der Waals surface area contributed by atoms with Crippen LogP contribution in [0.2, 0.25) is 0 Å². The first-order valence-corrected chi connectivity index (χ1v) is 22.6. The molecule has 0 bridgehead atoms. The Morgan fingerprint density at radius 1 is 0.349 bits per heavy atom. The highest BCUT2D eigenvalue weighted by Crippen LogP contribution is 2.52. The fraction of sp³-hybridized carbons (Fsp3) is 0.0492. The molecule has 0 unspecified atom stereocenters. The Morgan fingerprint density at radius 2 is 0.857 bits per heavy atom. The van der Waals surface area contributed by atoms with Crippen LogP contribution in [0.3, 0.4) is 0 Å². The molecule has 2 heteroatoms. The summed E-state index contributed by atoms with van der Waals surface area (Å²) in [6, 6.07) is 82.7. The van der Waals surface area contributed by atoms with Gasteiger partial charge in [-0.3, -0.25) is 0 Å². The predicted molar refractivity (Wildman–Crippen MR) is 271 cm³/mol. The van der Waals surface area contributed by atoms with Crippen LogP contribution in [0.4, 0.5) is 17.1 Å². The molecule has 0 saturated carbocycles. The van der Waals surface area contributed by atoms with Crippen LogP contribution in [0.15, 0.2) is 224 Å². The normalized spacial score (nSPS) is 12.7. The molecule has 63 heavy (non-hydrogen) atoms. The molecule has 0 atom stereocenters. The van der Waals surface area contributed by atoms with Crippen molar-refractivity contribution >= 4 is 59.3 Å². The van der Waals surface area contributed by atoms with Gasteiger partial charge in [0, 0.05) is 42.6 Å². The molecule has 1 nitrogen and oxygen atoms in total. The standard InChI is InChI=1S/C61H43NS/c1-61(2)57-22-7-5-16-53(57)55-20-10-18-51(59(55)61)42-28-34-49(35-29-42)62(50-36-30-43(31-37-50)52-19-11-21-56-54-17-6-8-23-58(54)63-60(52)56)48-32-26-41(27-33-48)45-14-9-15-46(38-45)47-25-24-40-12-3-4-13-44(40)39-47/h3-39H,1-2H3. The minimum atomic E-state index is -0.0914. The molecule has 1 aliphatic carbocycles.